The summed E-state index contributed by atoms with van der Waals surface area (Å²) < 4.78 is 6.92. The van der Waals surface area contributed by atoms with E-state index in [0.717, 1.165) is 0 Å². The zero-order chi connectivity index (χ0) is 15.1. The van der Waals surface area contributed by atoms with Crippen molar-refractivity contribution in [3.8, 4) is 6.01 Å². The van der Waals surface area contributed by atoms with Crippen LogP contribution in [0.15, 0.2) is 24.3 Å². The van der Waals surface area contributed by atoms with Crippen LogP contribution in [0.3, 0.4) is 0 Å². The van der Waals surface area contributed by atoms with Gasteiger partial charge in [0.25, 0.3) is 5.69 Å². The van der Waals surface area contributed by atoms with Gasteiger partial charge in [-0.1, -0.05) is 26.0 Å². The van der Waals surface area contributed by atoms with E-state index < -0.39 is 4.92 Å². The lowest BCUT2D eigenvalue weighted by molar-refractivity contribution is -0.385. The molecule has 0 saturated carbocycles. The summed E-state index contributed by atoms with van der Waals surface area (Å²) in [6.45, 7) is 5.87. The van der Waals surface area contributed by atoms with Gasteiger partial charge in [-0.3, -0.25) is 10.1 Å². The molecular formula is C13H18N4O3. The molecule has 0 amide bonds. The molecule has 1 aromatic heterocycles. The van der Waals surface area contributed by atoms with Gasteiger partial charge < -0.3 is 4.74 Å². The smallest absolute Gasteiger partial charge is 0.336 e. The predicted octanol–water partition coefficient (Wildman–Crippen LogP) is 2.64. The van der Waals surface area contributed by atoms with E-state index in [-0.39, 0.29) is 18.3 Å². The zero-order valence-corrected chi connectivity index (χ0v) is 12.0. The zero-order valence-electron chi connectivity index (χ0n) is 12.0. The Labute approximate surface area is 117 Å². The van der Waals surface area contributed by atoms with Crippen molar-refractivity contribution in [1.29, 1.82) is 0 Å². The van der Waals surface area contributed by atoms with Gasteiger partial charge in [0.05, 0.1) is 10.5 Å². The summed E-state index contributed by atoms with van der Waals surface area (Å²) in [7, 11) is 1.75. The number of aryl methyl sites for hydroxylation is 2. The molecule has 0 aliphatic heterocycles. The van der Waals surface area contributed by atoms with Gasteiger partial charge in [0.1, 0.15) is 12.4 Å². The quantitative estimate of drug-likeness (QED) is 0.634. The Morgan fingerprint density at radius 2 is 2.00 bits per heavy atom. The number of aromatic nitrogens is 3. The van der Waals surface area contributed by atoms with E-state index in [9.17, 15) is 10.1 Å². The maximum Gasteiger partial charge on any atom is 0.336 e. The summed E-state index contributed by atoms with van der Waals surface area (Å²) >= 11 is 0. The lowest BCUT2D eigenvalue weighted by Crippen LogP contribution is -2.01. The topological polar surface area (TPSA) is 83.1 Å². The van der Waals surface area contributed by atoms with Crippen LogP contribution >= 0.6 is 0 Å². The molecule has 7 heteroatoms. The lowest BCUT2D eigenvalue weighted by Gasteiger charge is -2.02. The summed E-state index contributed by atoms with van der Waals surface area (Å²) in [5, 5.41) is 14.8. The molecule has 0 aliphatic rings. The molecule has 108 valence electrons. The fourth-order valence-electron chi connectivity index (χ4n) is 1.45. The molecule has 0 saturated heterocycles. The molecule has 0 radical (unpaired) electrons. The number of hydrogen-bond acceptors (Lipinski definition) is 5. The summed E-state index contributed by atoms with van der Waals surface area (Å²) in [6, 6.07) is 6.64. The number of ether oxygens (including phenoxy) is 1. The first-order chi connectivity index (χ1) is 9.58. The number of rotatable bonds is 4. The summed E-state index contributed by atoms with van der Waals surface area (Å²) in [5.74, 6) is 0.715. The first kappa shape index (κ1) is 15.6. The van der Waals surface area contributed by atoms with E-state index in [4.69, 9.17) is 4.74 Å². The molecule has 0 N–H and O–H groups in total. The van der Waals surface area contributed by atoms with Gasteiger partial charge in [0.15, 0.2) is 0 Å². The standard InChI is InChI=1S/C11H12N4O3.C2H6/c1-8-12-11(13-14(8)2)18-7-9-5-3-4-6-10(9)15(16)17;1-2/h3-6H,7H2,1-2H3;1-2H3. The van der Waals surface area contributed by atoms with Crippen LogP contribution in [0.4, 0.5) is 5.69 Å². The molecule has 7 nitrogen and oxygen atoms in total. The fraction of sp³-hybridized carbons (Fsp3) is 0.385. The minimum atomic E-state index is -0.435. The van der Waals surface area contributed by atoms with E-state index in [1.54, 1.807) is 36.9 Å². The van der Waals surface area contributed by atoms with Crippen molar-refractivity contribution in [2.45, 2.75) is 27.4 Å². The average molecular weight is 278 g/mol. The molecule has 0 spiro atoms. The molecule has 0 bridgehead atoms. The van der Waals surface area contributed by atoms with Crippen LogP contribution in [-0.4, -0.2) is 19.7 Å². The van der Waals surface area contributed by atoms with Crippen molar-refractivity contribution in [3.63, 3.8) is 0 Å². The van der Waals surface area contributed by atoms with Gasteiger partial charge in [-0.25, -0.2) is 4.68 Å². The van der Waals surface area contributed by atoms with Gasteiger partial charge in [-0.15, -0.1) is 5.10 Å². The van der Waals surface area contributed by atoms with Crippen LogP contribution in [-0.2, 0) is 13.7 Å². The normalized spacial score (nSPS) is 9.60. The van der Waals surface area contributed by atoms with Gasteiger partial charge in [-0.2, -0.15) is 4.98 Å². The summed E-state index contributed by atoms with van der Waals surface area (Å²) in [4.78, 5) is 14.4. The molecule has 20 heavy (non-hydrogen) atoms. The highest BCUT2D eigenvalue weighted by atomic mass is 16.6. The van der Waals surface area contributed by atoms with E-state index in [0.29, 0.717) is 11.4 Å². The molecule has 1 aromatic carbocycles. The van der Waals surface area contributed by atoms with Gasteiger partial charge >= 0.3 is 6.01 Å². The van der Waals surface area contributed by atoms with E-state index in [2.05, 4.69) is 10.1 Å². The number of para-hydroxylation sites is 1. The highest BCUT2D eigenvalue weighted by molar-refractivity contribution is 5.39. The first-order valence-corrected chi connectivity index (χ1v) is 6.30. The van der Waals surface area contributed by atoms with Crippen molar-refractivity contribution in [2.24, 2.45) is 7.05 Å². The van der Waals surface area contributed by atoms with Crippen molar-refractivity contribution < 1.29 is 9.66 Å². The third kappa shape index (κ3) is 3.78. The Hall–Kier alpha value is -2.44. The van der Waals surface area contributed by atoms with E-state index in [1.807, 2.05) is 13.8 Å². The van der Waals surface area contributed by atoms with Gasteiger partial charge in [0, 0.05) is 13.1 Å². The number of nitro benzene ring substituents is 1. The van der Waals surface area contributed by atoms with Gasteiger partial charge in [0.2, 0.25) is 0 Å². The van der Waals surface area contributed by atoms with Crippen LogP contribution in [0.25, 0.3) is 0 Å². The minimum absolute atomic E-state index is 0.0325. The monoisotopic (exact) mass is 278 g/mol. The molecular weight excluding hydrogens is 260 g/mol. The number of hydrogen-bond donors (Lipinski definition) is 0. The van der Waals surface area contributed by atoms with E-state index in [1.165, 1.54) is 6.07 Å². The van der Waals surface area contributed by atoms with Crippen LogP contribution in [0.1, 0.15) is 25.2 Å². The number of benzene rings is 1. The summed E-state index contributed by atoms with van der Waals surface area (Å²) in [6.07, 6.45) is 0. The highest BCUT2D eigenvalue weighted by Gasteiger charge is 2.13. The Morgan fingerprint density at radius 3 is 2.55 bits per heavy atom. The molecule has 0 atom stereocenters. The Morgan fingerprint density at radius 1 is 1.35 bits per heavy atom. The highest BCUT2D eigenvalue weighted by Crippen LogP contribution is 2.19. The van der Waals surface area contributed by atoms with Crippen molar-refractivity contribution in [3.05, 3.63) is 45.8 Å². The third-order valence-electron chi connectivity index (χ3n) is 2.51. The molecule has 2 rings (SSSR count). The number of nitro groups is 1. The Kier molecular flexibility index (Phi) is 5.64. The predicted molar refractivity (Wildman–Crippen MR) is 74.5 cm³/mol. The molecule has 0 aliphatic carbocycles. The second-order valence-corrected chi connectivity index (χ2v) is 3.74. The second kappa shape index (κ2) is 7.22. The van der Waals surface area contributed by atoms with Crippen molar-refractivity contribution in [1.82, 2.24) is 14.8 Å². The molecule has 2 aromatic rings. The molecule has 1 heterocycles. The lowest BCUT2D eigenvalue weighted by atomic mass is 10.2. The first-order valence-electron chi connectivity index (χ1n) is 6.30. The fourth-order valence-corrected chi connectivity index (χ4v) is 1.45. The Bertz CT molecular complexity index is 561. The average Bonchev–Trinajstić information content (AvgIpc) is 2.78. The SMILES string of the molecule is CC.Cc1nc(OCc2ccccc2[N+](=O)[O-])nn1C. The van der Waals surface area contributed by atoms with Crippen LogP contribution in [0.5, 0.6) is 6.01 Å². The second-order valence-electron chi connectivity index (χ2n) is 3.74. The summed E-state index contributed by atoms with van der Waals surface area (Å²) in [5.41, 5.74) is 0.526. The van der Waals surface area contributed by atoms with Crippen LogP contribution in [0, 0.1) is 17.0 Å². The largest absolute Gasteiger partial charge is 0.457 e. The van der Waals surface area contributed by atoms with Crippen LogP contribution in [0.2, 0.25) is 0 Å². The maximum absolute atomic E-state index is 10.8. The van der Waals surface area contributed by atoms with Crippen LogP contribution < -0.4 is 4.74 Å². The minimum Gasteiger partial charge on any atom is -0.457 e. The van der Waals surface area contributed by atoms with Crippen molar-refractivity contribution >= 4 is 5.69 Å². The van der Waals surface area contributed by atoms with E-state index >= 15 is 0 Å². The molecule has 0 unspecified atom stereocenters. The van der Waals surface area contributed by atoms with Gasteiger partial charge in [-0.05, 0) is 13.0 Å². The van der Waals surface area contributed by atoms with Crippen molar-refractivity contribution in [2.75, 3.05) is 0 Å². The maximum atomic E-state index is 10.8. The number of nitrogens with zero attached hydrogens (tertiary/aromatic N) is 4. The third-order valence-corrected chi connectivity index (χ3v) is 2.51. The molecule has 0 fully saturated rings. The Balaban J connectivity index is 0.000000956.